The Morgan fingerprint density at radius 1 is 1.10 bits per heavy atom. The number of fused-ring (bicyclic) bond motifs is 1. The van der Waals surface area contributed by atoms with Crippen molar-refractivity contribution >= 4 is 23.0 Å². The molecule has 0 aliphatic rings. The van der Waals surface area contributed by atoms with Gasteiger partial charge < -0.3 is 18.4 Å². The minimum absolute atomic E-state index is 0.0494. The molecule has 158 valence electrons. The van der Waals surface area contributed by atoms with Crippen molar-refractivity contribution in [2.75, 3.05) is 7.11 Å². The van der Waals surface area contributed by atoms with E-state index in [-0.39, 0.29) is 35.2 Å². The normalized spacial score (nSPS) is 11.0. The van der Waals surface area contributed by atoms with Crippen molar-refractivity contribution in [2.24, 2.45) is 0 Å². The van der Waals surface area contributed by atoms with Crippen LogP contribution < -0.4 is 0 Å². The Morgan fingerprint density at radius 2 is 1.84 bits per heavy atom. The number of methoxy groups -OCH3 is 1. The van der Waals surface area contributed by atoms with E-state index in [4.69, 9.17) is 13.7 Å². The summed E-state index contributed by atoms with van der Waals surface area (Å²) in [6.45, 7) is 3.17. The van der Waals surface area contributed by atoms with Gasteiger partial charge in [0.2, 0.25) is 5.76 Å². The van der Waals surface area contributed by atoms with Gasteiger partial charge in [-0.2, -0.15) is 0 Å². The maximum atomic E-state index is 13.3. The SMILES string of the molecule is COC(=O)c1oc(COC(=O)c2cc(-c3ccc(F)cc3)nc3onc(C)c23)cc1C. The molecule has 0 saturated carbocycles. The van der Waals surface area contributed by atoms with Crippen molar-refractivity contribution in [3.05, 3.63) is 70.6 Å². The van der Waals surface area contributed by atoms with Gasteiger partial charge in [0.05, 0.1) is 29.4 Å². The number of hydrogen-bond donors (Lipinski definition) is 0. The highest BCUT2D eigenvalue weighted by Gasteiger charge is 2.22. The van der Waals surface area contributed by atoms with Crippen LogP contribution in [0.1, 0.15) is 37.9 Å². The first kappa shape index (κ1) is 20.3. The minimum atomic E-state index is -0.657. The van der Waals surface area contributed by atoms with Crippen LogP contribution in [0.2, 0.25) is 0 Å². The summed E-state index contributed by atoms with van der Waals surface area (Å²) in [6, 6.07) is 8.81. The van der Waals surface area contributed by atoms with Gasteiger partial charge >= 0.3 is 11.9 Å². The summed E-state index contributed by atoms with van der Waals surface area (Å²) in [6.07, 6.45) is 0. The Kier molecular flexibility index (Phi) is 5.24. The van der Waals surface area contributed by atoms with E-state index in [9.17, 15) is 14.0 Å². The minimum Gasteiger partial charge on any atom is -0.463 e. The smallest absolute Gasteiger partial charge is 0.374 e. The molecule has 0 N–H and O–H groups in total. The molecule has 0 unspecified atom stereocenters. The first-order valence-corrected chi connectivity index (χ1v) is 9.25. The van der Waals surface area contributed by atoms with E-state index in [1.54, 1.807) is 32.0 Å². The number of nitrogens with zero attached hydrogens (tertiary/aromatic N) is 2. The van der Waals surface area contributed by atoms with Gasteiger partial charge in [-0.05, 0) is 50.2 Å². The number of benzene rings is 1. The zero-order chi connectivity index (χ0) is 22.1. The predicted octanol–water partition coefficient (Wildman–Crippen LogP) is 4.38. The predicted molar refractivity (Wildman–Crippen MR) is 106 cm³/mol. The number of halogens is 1. The molecule has 0 saturated heterocycles. The molecule has 0 aliphatic carbocycles. The van der Waals surface area contributed by atoms with Crippen LogP contribution in [-0.4, -0.2) is 29.2 Å². The summed E-state index contributed by atoms with van der Waals surface area (Å²) in [4.78, 5) is 28.9. The second-order valence-electron chi connectivity index (χ2n) is 6.80. The van der Waals surface area contributed by atoms with Crippen molar-refractivity contribution in [1.29, 1.82) is 0 Å². The molecule has 0 atom stereocenters. The molecular formula is C22H17FN2O6. The van der Waals surface area contributed by atoms with Crippen LogP contribution >= 0.6 is 0 Å². The number of rotatable bonds is 5. The number of ether oxygens (including phenoxy) is 2. The average Bonchev–Trinajstić information content (AvgIpc) is 3.33. The van der Waals surface area contributed by atoms with Crippen molar-refractivity contribution in [1.82, 2.24) is 10.1 Å². The summed E-state index contributed by atoms with van der Waals surface area (Å²) in [7, 11) is 1.25. The number of hydrogen-bond acceptors (Lipinski definition) is 8. The van der Waals surface area contributed by atoms with E-state index in [0.29, 0.717) is 27.9 Å². The maximum absolute atomic E-state index is 13.3. The van der Waals surface area contributed by atoms with Gasteiger partial charge in [-0.3, -0.25) is 0 Å². The fraction of sp³-hybridized carbons (Fsp3) is 0.182. The number of furan rings is 1. The summed E-state index contributed by atoms with van der Waals surface area (Å²) < 4.78 is 34.0. The lowest BCUT2D eigenvalue weighted by Crippen LogP contribution is -2.07. The van der Waals surface area contributed by atoms with Gasteiger partial charge in [0, 0.05) is 11.1 Å². The monoisotopic (exact) mass is 424 g/mol. The molecule has 0 aliphatic heterocycles. The fourth-order valence-electron chi connectivity index (χ4n) is 3.15. The third-order valence-electron chi connectivity index (χ3n) is 4.66. The highest BCUT2D eigenvalue weighted by molar-refractivity contribution is 6.04. The molecule has 0 spiro atoms. The lowest BCUT2D eigenvalue weighted by molar-refractivity contribution is 0.0440. The van der Waals surface area contributed by atoms with E-state index < -0.39 is 11.9 Å². The van der Waals surface area contributed by atoms with Crippen molar-refractivity contribution in [2.45, 2.75) is 20.5 Å². The van der Waals surface area contributed by atoms with Crippen LogP contribution in [0, 0.1) is 19.7 Å². The summed E-state index contributed by atoms with van der Waals surface area (Å²) >= 11 is 0. The molecule has 1 aromatic carbocycles. The Morgan fingerprint density at radius 3 is 2.55 bits per heavy atom. The molecule has 3 aromatic heterocycles. The zero-order valence-corrected chi connectivity index (χ0v) is 16.9. The number of aryl methyl sites for hydroxylation is 2. The summed E-state index contributed by atoms with van der Waals surface area (Å²) in [5.41, 5.74) is 2.39. The van der Waals surface area contributed by atoms with Crippen molar-refractivity contribution < 1.29 is 32.4 Å². The molecule has 31 heavy (non-hydrogen) atoms. The third kappa shape index (κ3) is 3.89. The number of carbonyl (C=O) groups excluding carboxylic acids is 2. The number of esters is 2. The Hall–Kier alpha value is -4.01. The number of aromatic nitrogens is 2. The van der Waals surface area contributed by atoms with E-state index in [1.807, 2.05) is 0 Å². The lowest BCUT2D eigenvalue weighted by Gasteiger charge is -2.07. The second-order valence-corrected chi connectivity index (χ2v) is 6.80. The highest BCUT2D eigenvalue weighted by Crippen LogP contribution is 2.28. The van der Waals surface area contributed by atoms with Gasteiger partial charge in [-0.15, -0.1) is 0 Å². The molecule has 9 heteroatoms. The maximum Gasteiger partial charge on any atom is 0.374 e. The lowest BCUT2D eigenvalue weighted by atomic mass is 10.1. The van der Waals surface area contributed by atoms with E-state index in [2.05, 4.69) is 14.9 Å². The molecule has 4 rings (SSSR count). The first-order valence-electron chi connectivity index (χ1n) is 9.25. The van der Waals surface area contributed by atoms with Gasteiger partial charge in [0.25, 0.3) is 5.71 Å². The van der Waals surface area contributed by atoms with E-state index >= 15 is 0 Å². The van der Waals surface area contributed by atoms with Gasteiger partial charge in [0.15, 0.2) is 0 Å². The summed E-state index contributed by atoms with van der Waals surface area (Å²) in [5, 5.41) is 4.29. The van der Waals surface area contributed by atoms with Crippen LogP contribution in [0.25, 0.3) is 22.4 Å². The molecule has 3 heterocycles. The number of carbonyl (C=O) groups is 2. The molecule has 4 aromatic rings. The van der Waals surface area contributed by atoms with Crippen LogP contribution in [0.3, 0.4) is 0 Å². The number of pyridine rings is 1. The average molecular weight is 424 g/mol. The molecule has 0 amide bonds. The molecule has 0 bridgehead atoms. The molecular weight excluding hydrogens is 407 g/mol. The van der Waals surface area contributed by atoms with Crippen molar-refractivity contribution in [3.8, 4) is 11.3 Å². The van der Waals surface area contributed by atoms with Crippen LogP contribution in [0.4, 0.5) is 4.39 Å². The van der Waals surface area contributed by atoms with Crippen LogP contribution in [0.5, 0.6) is 0 Å². The molecule has 0 fully saturated rings. The topological polar surface area (TPSA) is 105 Å². The van der Waals surface area contributed by atoms with Crippen molar-refractivity contribution in [3.63, 3.8) is 0 Å². The fourth-order valence-corrected chi connectivity index (χ4v) is 3.15. The van der Waals surface area contributed by atoms with Gasteiger partial charge in [-0.25, -0.2) is 19.0 Å². The quantitative estimate of drug-likeness (QED) is 0.435. The van der Waals surface area contributed by atoms with Crippen LogP contribution in [-0.2, 0) is 16.1 Å². The van der Waals surface area contributed by atoms with Gasteiger partial charge in [-0.1, -0.05) is 5.16 Å². The standard InChI is InChI=1S/C22H17FN2O6/c1-11-8-15(30-19(11)22(27)28-3)10-29-21(26)16-9-17(13-4-6-14(23)7-5-13)24-20-18(16)12(2)25-31-20/h4-9H,10H2,1-3H3. The van der Waals surface area contributed by atoms with Crippen LogP contribution in [0.15, 0.2) is 45.3 Å². The van der Waals surface area contributed by atoms with Gasteiger partial charge in [0.1, 0.15) is 18.2 Å². The second kappa shape index (κ2) is 8.02. The molecule has 8 nitrogen and oxygen atoms in total. The Labute approximate surface area is 175 Å². The zero-order valence-electron chi connectivity index (χ0n) is 16.9. The first-order chi connectivity index (χ1) is 14.9. The highest BCUT2D eigenvalue weighted by atomic mass is 19.1. The van der Waals surface area contributed by atoms with E-state index in [1.165, 1.54) is 25.3 Å². The Balaban J connectivity index is 1.65. The largest absolute Gasteiger partial charge is 0.463 e. The third-order valence-corrected chi connectivity index (χ3v) is 4.66. The molecule has 0 radical (unpaired) electrons. The summed E-state index contributed by atoms with van der Waals surface area (Å²) in [5.74, 6) is -1.32. The van der Waals surface area contributed by atoms with E-state index in [0.717, 1.165) is 0 Å². The Bertz CT molecular complexity index is 1290.